The Morgan fingerprint density at radius 3 is 3.00 bits per heavy atom. The van der Waals surface area contributed by atoms with Crippen LogP contribution >= 0.6 is 0 Å². The summed E-state index contributed by atoms with van der Waals surface area (Å²) in [6.07, 6.45) is 4.77. The Labute approximate surface area is 69.0 Å². The molecule has 12 heavy (non-hydrogen) atoms. The summed E-state index contributed by atoms with van der Waals surface area (Å²) in [6.45, 7) is 0. The van der Waals surface area contributed by atoms with Crippen molar-refractivity contribution in [3.63, 3.8) is 0 Å². The fourth-order valence-corrected chi connectivity index (χ4v) is 0.981. The molecule has 0 saturated carbocycles. The Kier molecular flexibility index (Phi) is 1.51. The molecule has 0 aliphatic heterocycles. The number of hydrogen-bond acceptors (Lipinski definition) is 4. The van der Waals surface area contributed by atoms with Crippen LogP contribution in [0, 0.1) is 0 Å². The average molecular weight is 161 g/mol. The first-order chi connectivity index (χ1) is 5.88. The highest BCUT2D eigenvalue weighted by molar-refractivity contribution is 5.70. The lowest BCUT2D eigenvalue weighted by Crippen LogP contribution is -1.90. The predicted molar refractivity (Wildman–Crippen MR) is 44.1 cm³/mol. The summed E-state index contributed by atoms with van der Waals surface area (Å²) >= 11 is 0. The van der Waals surface area contributed by atoms with Gasteiger partial charge in [-0.2, -0.15) is 0 Å². The molecule has 0 fully saturated rings. The molecule has 4 nitrogen and oxygen atoms in total. The largest absolute Gasteiger partial charge is 0.397 e. The summed E-state index contributed by atoms with van der Waals surface area (Å²) in [5.74, 6) is 0. The summed E-state index contributed by atoms with van der Waals surface area (Å²) in [5.41, 5.74) is 7.81. The van der Waals surface area contributed by atoms with E-state index >= 15 is 0 Å². The maximum atomic E-state index is 5.68. The number of hydrogen-bond donors (Lipinski definition) is 1. The second-order valence-electron chi connectivity index (χ2n) is 2.35. The lowest BCUT2D eigenvalue weighted by atomic mass is 10.2. The molecule has 60 valence electrons. The fraction of sp³-hybridized carbons (Fsp3) is 0. The minimum Gasteiger partial charge on any atom is -0.397 e. The van der Waals surface area contributed by atoms with Crippen LogP contribution in [0.1, 0.15) is 0 Å². The van der Waals surface area contributed by atoms with E-state index in [2.05, 4.69) is 14.7 Å². The maximum absolute atomic E-state index is 5.68. The Morgan fingerprint density at radius 1 is 1.42 bits per heavy atom. The van der Waals surface area contributed by atoms with Crippen molar-refractivity contribution in [1.29, 1.82) is 0 Å². The van der Waals surface area contributed by atoms with Crippen LogP contribution in [0.3, 0.4) is 0 Å². The number of nitrogens with zero attached hydrogens (tertiary/aromatic N) is 2. The third-order valence-electron chi connectivity index (χ3n) is 1.54. The predicted octanol–water partition coefficient (Wildman–Crippen LogP) is 1.32. The number of aromatic nitrogens is 2. The molecule has 0 saturated heterocycles. The van der Waals surface area contributed by atoms with Crippen LogP contribution < -0.4 is 5.73 Å². The number of pyridine rings is 1. The van der Waals surface area contributed by atoms with Crippen molar-refractivity contribution in [2.24, 2.45) is 0 Å². The molecule has 0 amide bonds. The molecule has 0 spiro atoms. The summed E-state index contributed by atoms with van der Waals surface area (Å²) in [5, 5.41) is 3.57. The van der Waals surface area contributed by atoms with Crippen molar-refractivity contribution >= 4 is 5.69 Å². The Hall–Kier alpha value is -1.84. The van der Waals surface area contributed by atoms with Crippen molar-refractivity contribution in [3.05, 3.63) is 30.8 Å². The lowest BCUT2D eigenvalue weighted by Gasteiger charge is -1.98. The molecule has 2 heterocycles. The van der Waals surface area contributed by atoms with Gasteiger partial charge in [0.05, 0.1) is 23.1 Å². The van der Waals surface area contributed by atoms with Crippen LogP contribution in [0.4, 0.5) is 5.69 Å². The molecular weight excluding hydrogens is 154 g/mol. The van der Waals surface area contributed by atoms with Gasteiger partial charge in [-0.3, -0.25) is 4.98 Å². The van der Waals surface area contributed by atoms with E-state index in [0.717, 1.165) is 5.56 Å². The molecule has 2 rings (SSSR count). The van der Waals surface area contributed by atoms with Crippen LogP contribution in [0.5, 0.6) is 0 Å². The zero-order valence-electron chi connectivity index (χ0n) is 6.27. The fourth-order valence-electron chi connectivity index (χ4n) is 0.981. The first-order valence-electron chi connectivity index (χ1n) is 3.48. The number of rotatable bonds is 1. The highest BCUT2D eigenvalue weighted by Gasteiger charge is 2.04. The average Bonchev–Trinajstić information content (AvgIpc) is 2.57. The standard InChI is InChI=1S/C8H7N3O/c9-7-2-1-3-10-8(7)6-4-11-12-5-6/h1-5H,9H2. The van der Waals surface area contributed by atoms with Crippen LogP contribution in [0.15, 0.2) is 35.3 Å². The molecular formula is C8H7N3O. The van der Waals surface area contributed by atoms with E-state index in [1.54, 1.807) is 24.5 Å². The zero-order chi connectivity index (χ0) is 8.39. The first-order valence-corrected chi connectivity index (χ1v) is 3.48. The molecule has 0 bridgehead atoms. The van der Waals surface area contributed by atoms with Gasteiger partial charge in [0.2, 0.25) is 0 Å². The molecule has 0 radical (unpaired) electrons. The highest BCUT2D eigenvalue weighted by Crippen LogP contribution is 2.21. The van der Waals surface area contributed by atoms with E-state index in [4.69, 9.17) is 5.73 Å². The van der Waals surface area contributed by atoms with Gasteiger partial charge in [0.15, 0.2) is 0 Å². The number of nitrogen functional groups attached to an aromatic ring is 1. The SMILES string of the molecule is Nc1cccnc1-c1cnoc1. The second-order valence-corrected chi connectivity index (χ2v) is 2.35. The van der Waals surface area contributed by atoms with Crippen molar-refractivity contribution in [2.75, 3.05) is 5.73 Å². The van der Waals surface area contributed by atoms with Crippen molar-refractivity contribution in [1.82, 2.24) is 10.1 Å². The van der Waals surface area contributed by atoms with E-state index in [9.17, 15) is 0 Å². The molecule has 2 aromatic rings. The monoisotopic (exact) mass is 161 g/mol. The molecule has 0 aliphatic rings. The Balaban J connectivity index is 2.55. The second kappa shape index (κ2) is 2.65. The topological polar surface area (TPSA) is 64.9 Å². The van der Waals surface area contributed by atoms with Crippen LogP contribution in [-0.2, 0) is 0 Å². The van der Waals surface area contributed by atoms with Crippen LogP contribution in [-0.4, -0.2) is 10.1 Å². The van der Waals surface area contributed by atoms with Gasteiger partial charge in [0, 0.05) is 6.20 Å². The molecule has 2 aromatic heterocycles. The van der Waals surface area contributed by atoms with Gasteiger partial charge in [-0.05, 0) is 12.1 Å². The van der Waals surface area contributed by atoms with E-state index in [1.165, 1.54) is 6.26 Å². The van der Waals surface area contributed by atoms with Crippen LogP contribution in [0.2, 0.25) is 0 Å². The van der Waals surface area contributed by atoms with E-state index in [-0.39, 0.29) is 0 Å². The minimum absolute atomic E-state index is 0.626. The van der Waals surface area contributed by atoms with Gasteiger partial charge >= 0.3 is 0 Å². The van der Waals surface area contributed by atoms with Crippen LogP contribution in [0.25, 0.3) is 11.3 Å². The van der Waals surface area contributed by atoms with Gasteiger partial charge in [-0.15, -0.1) is 0 Å². The van der Waals surface area contributed by atoms with Gasteiger partial charge in [-0.1, -0.05) is 5.16 Å². The molecule has 2 N–H and O–H groups in total. The van der Waals surface area contributed by atoms with Crippen molar-refractivity contribution in [3.8, 4) is 11.3 Å². The molecule has 4 heteroatoms. The van der Waals surface area contributed by atoms with E-state index in [0.29, 0.717) is 11.4 Å². The quantitative estimate of drug-likeness (QED) is 0.685. The smallest absolute Gasteiger partial charge is 0.133 e. The van der Waals surface area contributed by atoms with Gasteiger partial charge in [0.25, 0.3) is 0 Å². The summed E-state index contributed by atoms with van der Waals surface area (Å²) in [7, 11) is 0. The minimum atomic E-state index is 0.626. The zero-order valence-corrected chi connectivity index (χ0v) is 6.27. The third-order valence-corrected chi connectivity index (χ3v) is 1.54. The lowest BCUT2D eigenvalue weighted by molar-refractivity contribution is 0.420. The first kappa shape index (κ1) is 6.84. The maximum Gasteiger partial charge on any atom is 0.133 e. The highest BCUT2D eigenvalue weighted by atomic mass is 16.5. The van der Waals surface area contributed by atoms with Gasteiger partial charge in [-0.25, -0.2) is 0 Å². The van der Waals surface area contributed by atoms with Crippen molar-refractivity contribution < 1.29 is 4.52 Å². The summed E-state index contributed by atoms with van der Waals surface area (Å²) < 4.78 is 4.68. The molecule has 0 atom stereocenters. The molecule has 0 aromatic carbocycles. The normalized spacial score (nSPS) is 10.0. The summed E-state index contributed by atoms with van der Waals surface area (Å²) in [4.78, 5) is 4.10. The van der Waals surface area contributed by atoms with Crippen molar-refractivity contribution in [2.45, 2.75) is 0 Å². The Morgan fingerprint density at radius 2 is 2.33 bits per heavy atom. The summed E-state index contributed by atoms with van der Waals surface area (Å²) in [6, 6.07) is 3.57. The van der Waals surface area contributed by atoms with Gasteiger partial charge in [0.1, 0.15) is 6.26 Å². The molecule has 0 aliphatic carbocycles. The van der Waals surface area contributed by atoms with Gasteiger partial charge < -0.3 is 10.3 Å². The Bertz CT molecular complexity index is 370. The van der Waals surface area contributed by atoms with E-state index in [1.807, 2.05) is 0 Å². The number of anilines is 1. The van der Waals surface area contributed by atoms with E-state index < -0.39 is 0 Å². The molecule has 0 unspecified atom stereocenters. The number of nitrogens with two attached hydrogens (primary N) is 1. The third kappa shape index (κ3) is 1.03.